The fourth-order valence-corrected chi connectivity index (χ4v) is 1.28. The molecule has 0 aliphatic carbocycles. The van der Waals surface area contributed by atoms with Gasteiger partial charge in [-0.3, -0.25) is 4.79 Å². The quantitative estimate of drug-likeness (QED) is 0.653. The van der Waals surface area contributed by atoms with Crippen molar-refractivity contribution in [3.8, 4) is 0 Å². The van der Waals surface area contributed by atoms with Gasteiger partial charge in [0.05, 0.1) is 0 Å². The van der Waals surface area contributed by atoms with Crippen LogP contribution in [0.15, 0.2) is 35.3 Å². The Morgan fingerprint density at radius 2 is 2.33 bits per heavy atom. The minimum absolute atomic E-state index is 0.0534. The van der Waals surface area contributed by atoms with Gasteiger partial charge in [-0.15, -0.1) is 6.58 Å². The fourth-order valence-electron chi connectivity index (χ4n) is 1.03. The van der Waals surface area contributed by atoms with Crippen LogP contribution in [0.3, 0.4) is 0 Å². The highest BCUT2D eigenvalue weighted by atomic mass is 79.9. The second kappa shape index (κ2) is 4.98. The Labute approximate surface area is 97.5 Å². The standard InChI is InChI=1S/C11H13BrN2O/c1-3-7(2)14-11(15)8-4-5-9(12)10(13)6-8/h3-7H,1,13H2,2H3,(H,14,15). The number of nitrogens with one attached hydrogen (secondary N) is 1. The molecule has 1 rings (SSSR count). The van der Waals surface area contributed by atoms with E-state index >= 15 is 0 Å². The van der Waals surface area contributed by atoms with Crippen molar-refractivity contribution in [2.24, 2.45) is 0 Å². The number of halogens is 1. The average Bonchev–Trinajstić information content (AvgIpc) is 2.21. The number of hydrogen-bond acceptors (Lipinski definition) is 2. The summed E-state index contributed by atoms with van der Waals surface area (Å²) in [5.74, 6) is -0.151. The number of hydrogen-bond donors (Lipinski definition) is 2. The highest BCUT2D eigenvalue weighted by Crippen LogP contribution is 2.20. The first kappa shape index (κ1) is 11.8. The van der Waals surface area contributed by atoms with E-state index in [0.717, 1.165) is 4.47 Å². The second-order valence-electron chi connectivity index (χ2n) is 3.23. The normalized spacial score (nSPS) is 11.9. The van der Waals surface area contributed by atoms with E-state index < -0.39 is 0 Å². The first-order valence-corrected chi connectivity index (χ1v) is 5.32. The Balaban J connectivity index is 2.83. The molecule has 80 valence electrons. The lowest BCUT2D eigenvalue weighted by atomic mass is 10.2. The first-order valence-electron chi connectivity index (χ1n) is 4.53. The molecular formula is C11H13BrN2O. The van der Waals surface area contributed by atoms with Crippen LogP contribution in [0, 0.1) is 0 Å². The summed E-state index contributed by atoms with van der Waals surface area (Å²) in [5, 5.41) is 2.76. The topological polar surface area (TPSA) is 55.1 Å². The van der Waals surface area contributed by atoms with Gasteiger partial charge in [0.15, 0.2) is 0 Å². The predicted molar refractivity (Wildman–Crippen MR) is 65.7 cm³/mol. The van der Waals surface area contributed by atoms with Gasteiger partial charge in [0.2, 0.25) is 0 Å². The molecule has 1 aromatic rings. The Morgan fingerprint density at radius 1 is 1.67 bits per heavy atom. The van der Waals surface area contributed by atoms with Gasteiger partial charge in [0, 0.05) is 21.8 Å². The van der Waals surface area contributed by atoms with Crippen molar-refractivity contribution in [1.29, 1.82) is 0 Å². The van der Waals surface area contributed by atoms with Crippen molar-refractivity contribution in [3.05, 3.63) is 40.9 Å². The van der Waals surface area contributed by atoms with Gasteiger partial charge in [0.1, 0.15) is 0 Å². The van der Waals surface area contributed by atoms with Crippen LogP contribution < -0.4 is 11.1 Å². The maximum absolute atomic E-state index is 11.6. The summed E-state index contributed by atoms with van der Waals surface area (Å²) in [6, 6.07) is 5.05. The van der Waals surface area contributed by atoms with Crippen LogP contribution in [0.5, 0.6) is 0 Å². The van der Waals surface area contributed by atoms with Gasteiger partial charge >= 0.3 is 0 Å². The molecule has 0 aliphatic rings. The molecule has 0 spiro atoms. The summed E-state index contributed by atoms with van der Waals surface area (Å²) < 4.78 is 0.788. The van der Waals surface area contributed by atoms with Crippen LogP contribution in [-0.2, 0) is 0 Å². The van der Waals surface area contributed by atoms with Gasteiger partial charge < -0.3 is 11.1 Å². The summed E-state index contributed by atoms with van der Waals surface area (Å²) in [7, 11) is 0. The van der Waals surface area contributed by atoms with E-state index in [1.54, 1.807) is 24.3 Å². The van der Waals surface area contributed by atoms with Crippen molar-refractivity contribution < 1.29 is 4.79 Å². The Morgan fingerprint density at radius 3 is 2.87 bits per heavy atom. The minimum Gasteiger partial charge on any atom is -0.398 e. The zero-order valence-corrected chi connectivity index (χ0v) is 10.0. The molecular weight excluding hydrogens is 256 g/mol. The molecule has 1 aromatic carbocycles. The highest BCUT2D eigenvalue weighted by Gasteiger charge is 2.08. The third-order valence-electron chi connectivity index (χ3n) is 1.97. The lowest BCUT2D eigenvalue weighted by molar-refractivity contribution is 0.0947. The van der Waals surface area contributed by atoms with Crippen LogP contribution in [0.25, 0.3) is 0 Å². The van der Waals surface area contributed by atoms with E-state index in [-0.39, 0.29) is 11.9 Å². The van der Waals surface area contributed by atoms with Gasteiger partial charge in [-0.2, -0.15) is 0 Å². The molecule has 3 N–H and O–H groups in total. The minimum atomic E-state index is -0.151. The molecule has 0 heterocycles. The van der Waals surface area contributed by atoms with Crippen molar-refractivity contribution in [2.45, 2.75) is 13.0 Å². The van der Waals surface area contributed by atoms with E-state index in [2.05, 4.69) is 27.8 Å². The largest absolute Gasteiger partial charge is 0.398 e. The van der Waals surface area contributed by atoms with Crippen molar-refractivity contribution in [3.63, 3.8) is 0 Å². The van der Waals surface area contributed by atoms with E-state index in [0.29, 0.717) is 11.3 Å². The van der Waals surface area contributed by atoms with Crippen LogP contribution in [-0.4, -0.2) is 11.9 Å². The third kappa shape index (κ3) is 3.09. The number of anilines is 1. The van der Waals surface area contributed by atoms with Crippen LogP contribution in [0.4, 0.5) is 5.69 Å². The SMILES string of the molecule is C=CC(C)NC(=O)c1ccc(Br)c(N)c1. The first-order chi connectivity index (χ1) is 7.04. The summed E-state index contributed by atoms with van der Waals surface area (Å²) in [5.41, 5.74) is 6.77. The third-order valence-corrected chi connectivity index (χ3v) is 2.69. The number of rotatable bonds is 3. The number of carbonyl (C=O) groups excluding carboxylic acids is 1. The Bertz CT molecular complexity index is 390. The van der Waals surface area contributed by atoms with Crippen molar-refractivity contribution in [2.75, 3.05) is 5.73 Å². The molecule has 0 radical (unpaired) electrons. The van der Waals surface area contributed by atoms with Crippen molar-refractivity contribution in [1.82, 2.24) is 5.32 Å². The maximum Gasteiger partial charge on any atom is 0.251 e. The molecule has 0 saturated heterocycles. The zero-order valence-electron chi connectivity index (χ0n) is 8.46. The molecule has 0 aliphatic heterocycles. The molecule has 4 heteroatoms. The summed E-state index contributed by atoms with van der Waals surface area (Å²) in [6.07, 6.45) is 1.67. The summed E-state index contributed by atoms with van der Waals surface area (Å²) in [4.78, 5) is 11.6. The number of nitrogen functional groups attached to an aromatic ring is 1. The molecule has 0 aromatic heterocycles. The van der Waals surface area contributed by atoms with E-state index in [9.17, 15) is 4.79 Å². The highest BCUT2D eigenvalue weighted by molar-refractivity contribution is 9.10. The predicted octanol–water partition coefficient (Wildman–Crippen LogP) is 2.34. The zero-order chi connectivity index (χ0) is 11.4. The second-order valence-corrected chi connectivity index (χ2v) is 4.09. The average molecular weight is 269 g/mol. The lowest BCUT2D eigenvalue weighted by Crippen LogP contribution is -2.30. The molecule has 15 heavy (non-hydrogen) atoms. The summed E-state index contributed by atoms with van der Waals surface area (Å²) in [6.45, 7) is 5.45. The number of nitrogens with two attached hydrogens (primary N) is 1. The van der Waals surface area contributed by atoms with Crippen LogP contribution in [0.1, 0.15) is 17.3 Å². The molecule has 1 amide bonds. The van der Waals surface area contributed by atoms with Gasteiger partial charge in [0.25, 0.3) is 5.91 Å². The molecule has 0 bridgehead atoms. The Kier molecular flexibility index (Phi) is 3.91. The van der Waals surface area contributed by atoms with Gasteiger partial charge in [-0.25, -0.2) is 0 Å². The fraction of sp³-hybridized carbons (Fsp3) is 0.182. The van der Waals surface area contributed by atoms with Crippen LogP contribution in [0.2, 0.25) is 0 Å². The van der Waals surface area contributed by atoms with E-state index in [1.807, 2.05) is 6.92 Å². The molecule has 0 fully saturated rings. The summed E-state index contributed by atoms with van der Waals surface area (Å²) >= 11 is 3.27. The molecule has 0 saturated carbocycles. The van der Waals surface area contributed by atoms with Crippen LogP contribution >= 0.6 is 15.9 Å². The number of benzene rings is 1. The van der Waals surface area contributed by atoms with E-state index in [4.69, 9.17) is 5.73 Å². The van der Waals surface area contributed by atoms with Gasteiger partial charge in [-0.1, -0.05) is 6.08 Å². The maximum atomic E-state index is 11.6. The lowest BCUT2D eigenvalue weighted by Gasteiger charge is -2.09. The van der Waals surface area contributed by atoms with Gasteiger partial charge in [-0.05, 0) is 41.1 Å². The Hall–Kier alpha value is -1.29. The molecule has 1 atom stereocenters. The smallest absolute Gasteiger partial charge is 0.251 e. The van der Waals surface area contributed by atoms with Crippen molar-refractivity contribution >= 4 is 27.5 Å². The molecule has 1 unspecified atom stereocenters. The molecule has 3 nitrogen and oxygen atoms in total. The number of carbonyl (C=O) groups is 1. The van der Waals surface area contributed by atoms with E-state index in [1.165, 1.54) is 0 Å². The number of amides is 1. The monoisotopic (exact) mass is 268 g/mol.